The molecule has 0 amide bonds. The Morgan fingerprint density at radius 3 is 1.21 bits per heavy atom. The van der Waals surface area contributed by atoms with Crippen molar-refractivity contribution in [3.63, 3.8) is 0 Å². The van der Waals surface area contributed by atoms with Crippen LogP contribution in [0.2, 0.25) is 0 Å². The van der Waals surface area contributed by atoms with Crippen LogP contribution in [0.5, 0.6) is 0 Å². The standard InChI is InChI=1S/C31H22N2/c1-2-3-23-4-10-26(11-5-23)29-20-30(27-12-6-24(7-13-27)16-18-32)22-31(21-29)28-14-8-25(9-15-28)17-19-33/h4-15,20-22H,16-17H2,1H3. The van der Waals surface area contributed by atoms with Gasteiger partial charge in [0.15, 0.2) is 0 Å². The molecule has 0 bridgehead atoms. The van der Waals surface area contributed by atoms with Gasteiger partial charge in [-0.3, -0.25) is 0 Å². The lowest BCUT2D eigenvalue weighted by atomic mass is 9.92. The lowest BCUT2D eigenvalue weighted by molar-refractivity contribution is 1.26. The molecule has 4 aromatic carbocycles. The van der Waals surface area contributed by atoms with Gasteiger partial charge in [0, 0.05) is 5.56 Å². The van der Waals surface area contributed by atoms with E-state index >= 15 is 0 Å². The monoisotopic (exact) mass is 422 g/mol. The molecular weight excluding hydrogens is 400 g/mol. The quantitative estimate of drug-likeness (QED) is 0.320. The molecule has 4 aromatic rings. The number of benzene rings is 4. The normalized spacial score (nSPS) is 9.91. The molecule has 0 aliphatic carbocycles. The summed E-state index contributed by atoms with van der Waals surface area (Å²) < 4.78 is 0. The van der Waals surface area contributed by atoms with E-state index in [1.54, 1.807) is 0 Å². The van der Waals surface area contributed by atoms with E-state index in [1.165, 1.54) is 0 Å². The van der Waals surface area contributed by atoms with Crippen LogP contribution < -0.4 is 0 Å². The topological polar surface area (TPSA) is 47.6 Å². The zero-order chi connectivity index (χ0) is 23.0. The minimum atomic E-state index is 0.410. The first kappa shape index (κ1) is 21.6. The second-order valence-corrected chi connectivity index (χ2v) is 7.82. The summed E-state index contributed by atoms with van der Waals surface area (Å²) in [7, 11) is 0. The summed E-state index contributed by atoms with van der Waals surface area (Å²) in [5.41, 5.74) is 9.72. The van der Waals surface area contributed by atoms with Crippen molar-refractivity contribution < 1.29 is 0 Å². The average Bonchev–Trinajstić information content (AvgIpc) is 2.86. The second kappa shape index (κ2) is 10.2. The van der Waals surface area contributed by atoms with Crippen molar-refractivity contribution in [2.75, 3.05) is 0 Å². The van der Waals surface area contributed by atoms with Crippen LogP contribution in [0.1, 0.15) is 23.6 Å². The van der Waals surface area contributed by atoms with Crippen molar-refractivity contribution in [2.24, 2.45) is 0 Å². The van der Waals surface area contributed by atoms with Crippen molar-refractivity contribution in [2.45, 2.75) is 19.8 Å². The number of hydrogen-bond acceptors (Lipinski definition) is 2. The lowest BCUT2D eigenvalue weighted by Crippen LogP contribution is -1.88. The van der Waals surface area contributed by atoms with Gasteiger partial charge in [-0.25, -0.2) is 0 Å². The predicted molar refractivity (Wildman–Crippen MR) is 134 cm³/mol. The first-order chi connectivity index (χ1) is 16.2. The molecule has 0 saturated carbocycles. The van der Waals surface area contributed by atoms with Gasteiger partial charge in [0.25, 0.3) is 0 Å². The maximum atomic E-state index is 8.96. The van der Waals surface area contributed by atoms with Crippen LogP contribution in [0.25, 0.3) is 33.4 Å². The largest absolute Gasteiger partial charge is 0.198 e. The van der Waals surface area contributed by atoms with Crippen molar-refractivity contribution >= 4 is 0 Å². The van der Waals surface area contributed by atoms with Gasteiger partial charge in [-0.1, -0.05) is 66.6 Å². The molecule has 2 nitrogen and oxygen atoms in total. The summed E-state index contributed by atoms with van der Waals surface area (Å²) in [6.45, 7) is 1.84. The third kappa shape index (κ3) is 5.19. The fraction of sp³-hybridized carbons (Fsp3) is 0.0968. The number of nitriles is 2. The lowest BCUT2D eigenvalue weighted by Gasteiger charge is -2.12. The Morgan fingerprint density at radius 1 is 0.515 bits per heavy atom. The van der Waals surface area contributed by atoms with Crippen molar-refractivity contribution in [1.82, 2.24) is 0 Å². The molecule has 0 fully saturated rings. The van der Waals surface area contributed by atoms with E-state index in [4.69, 9.17) is 10.5 Å². The van der Waals surface area contributed by atoms with Crippen molar-refractivity contribution in [1.29, 1.82) is 10.5 Å². The number of nitrogens with zero attached hydrogens (tertiary/aromatic N) is 2. The molecular formula is C31H22N2. The molecule has 0 N–H and O–H groups in total. The van der Waals surface area contributed by atoms with E-state index in [0.717, 1.165) is 50.1 Å². The van der Waals surface area contributed by atoms with Crippen molar-refractivity contribution in [3.05, 3.63) is 108 Å². The predicted octanol–water partition coefficient (Wildman–Crippen LogP) is 7.19. The summed E-state index contributed by atoms with van der Waals surface area (Å²) in [6.07, 6.45) is 0.821. The molecule has 0 unspecified atom stereocenters. The third-order valence-corrected chi connectivity index (χ3v) is 5.56. The average molecular weight is 423 g/mol. The summed E-state index contributed by atoms with van der Waals surface area (Å²) >= 11 is 0. The Kier molecular flexibility index (Phi) is 6.66. The molecule has 4 rings (SSSR count). The van der Waals surface area contributed by atoms with Gasteiger partial charge >= 0.3 is 0 Å². The highest BCUT2D eigenvalue weighted by atomic mass is 14.2. The second-order valence-electron chi connectivity index (χ2n) is 7.82. The Bertz CT molecular complexity index is 1320. The minimum absolute atomic E-state index is 0.410. The first-order valence-corrected chi connectivity index (χ1v) is 10.8. The van der Waals surface area contributed by atoms with Gasteiger partial charge in [0.1, 0.15) is 0 Å². The van der Waals surface area contributed by atoms with E-state index in [0.29, 0.717) is 12.8 Å². The number of rotatable bonds is 5. The van der Waals surface area contributed by atoms with E-state index in [-0.39, 0.29) is 0 Å². The fourth-order valence-corrected chi connectivity index (χ4v) is 3.83. The van der Waals surface area contributed by atoms with Gasteiger partial charge in [-0.15, -0.1) is 5.92 Å². The molecule has 0 spiro atoms. The number of hydrogen-bond donors (Lipinski definition) is 0. The Balaban J connectivity index is 1.80. The fourth-order valence-electron chi connectivity index (χ4n) is 3.83. The van der Waals surface area contributed by atoms with E-state index in [9.17, 15) is 0 Å². The highest BCUT2D eigenvalue weighted by Gasteiger charge is 2.08. The van der Waals surface area contributed by atoms with Gasteiger partial charge in [-0.2, -0.15) is 10.5 Å². The molecule has 0 heterocycles. The van der Waals surface area contributed by atoms with Crippen molar-refractivity contribution in [3.8, 4) is 57.4 Å². The molecule has 33 heavy (non-hydrogen) atoms. The third-order valence-electron chi connectivity index (χ3n) is 5.56. The van der Waals surface area contributed by atoms with Crippen LogP contribution in [-0.4, -0.2) is 0 Å². The molecule has 0 aliphatic rings. The van der Waals surface area contributed by atoms with Crippen LogP contribution in [0.3, 0.4) is 0 Å². The Labute approximate surface area is 195 Å². The summed E-state index contributed by atoms with van der Waals surface area (Å²) in [5, 5.41) is 17.9. The Hall–Kier alpha value is -4.58. The smallest absolute Gasteiger partial charge is 0.0669 e. The van der Waals surface area contributed by atoms with Gasteiger partial charge in [0.05, 0.1) is 25.0 Å². The summed E-state index contributed by atoms with van der Waals surface area (Å²) in [5.74, 6) is 6.04. The van der Waals surface area contributed by atoms with Gasteiger partial charge < -0.3 is 0 Å². The zero-order valence-corrected chi connectivity index (χ0v) is 18.5. The molecule has 0 aromatic heterocycles. The maximum Gasteiger partial charge on any atom is 0.0669 e. The summed E-state index contributed by atoms with van der Waals surface area (Å²) in [4.78, 5) is 0. The van der Waals surface area contributed by atoms with Crippen LogP contribution in [-0.2, 0) is 12.8 Å². The van der Waals surface area contributed by atoms with E-state index in [2.05, 4.69) is 78.6 Å². The molecule has 0 saturated heterocycles. The highest BCUT2D eigenvalue weighted by Crippen LogP contribution is 2.33. The first-order valence-electron chi connectivity index (χ1n) is 10.8. The molecule has 0 atom stereocenters. The van der Waals surface area contributed by atoms with Crippen LogP contribution in [0.4, 0.5) is 0 Å². The molecule has 0 aliphatic heterocycles. The Morgan fingerprint density at radius 2 is 0.879 bits per heavy atom. The van der Waals surface area contributed by atoms with Crippen LogP contribution >= 0.6 is 0 Å². The highest BCUT2D eigenvalue weighted by molar-refractivity contribution is 5.81. The van der Waals surface area contributed by atoms with Gasteiger partial charge in [0.2, 0.25) is 0 Å². The molecule has 2 heteroatoms. The molecule has 156 valence electrons. The van der Waals surface area contributed by atoms with Gasteiger partial charge in [-0.05, 0) is 81.8 Å². The molecule has 0 radical (unpaired) electrons. The SMILES string of the molecule is CC#Cc1ccc(-c2cc(-c3ccc(CC#N)cc3)cc(-c3ccc(CC#N)cc3)c2)cc1. The van der Waals surface area contributed by atoms with Crippen LogP contribution in [0.15, 0.2) is 91.0 Å². The zero-order valence-electron chi connectivity index (χ0n) is 18.5. The van der Waals surface area contributed by atoms with E-state index in [1.807, 2.05) is 43.3 Å². The maximum absolute atomic E-state index is 8.96. The minimum Gasteiger partial charge on any atom is -0.198 e. The van der Waals surface area contributed by atoms with Crippen LogP contribution in [0, 0.1) is 34.5 Å². The summed E-state index contributed by atoms with van der Waals surface area (Å²) in [6, 6.07) is 35.7. The van der Waals surface area contributed by atoms with E-state index < -0.39 is 0 Å².